The highest BCUT2D eigenvalue weighted by atomic mass is 16.3. The first-order valence-electron chi connectivity index (χ1n) is 4.86. The summed E-state index contributed by atoms with van der Waals surface area (Å²) in [6, 6.07) is 6.77. The lowest BCUT2D eigenvalue weighted by atomic mass is 10.1. The van der Waals surface area contributed by atoms with Gasteiger partial charge in [0.2, 0.25) is 5.91 Å². The van der Waals surface area contributed by atoms with Gasteiger partial charge < -0.3 is 15.7 Å². The molecule has 0 saturated carbocycles. The zero-order valence-corrected chi connectivity index (χ0v) is 8.95. The number of aromatic hydroxyl groups is 1. The van der Waals surface area contributed by atoms with Crippen LogP contribution in [0.15, 0.2) is 24.3 Å². The summed E-state index contributed by atoms with van der Waals surface area (Å²) >= 11 is 0. The average molecular weight is 208 g/mol. The molecule has 3 N–H and O–H groups in total. The number of phenolic OH excluding ortho intramolecular Hbond substituents is 1. The molecule has 1 aromatic carbocycles. The van der Waals surface area contributed by atoms with E-state index in [2.05, 4.69) is 10.6 Å². The molecule has 0 heterocycles. The molecule has 1 atom stereocenters. The number of rotatable bonds is 4. The van der Waals surface area contributed by atoms with Crippen LogP contribution in [0.4, 0.5) is 0 Å². The Labute approximate surface area is 89.3 Å². The smallest absolute Gasteiger partial charge is 0.234 e. The number of likely N-dealkylation sites (N-methyl/N-ethyl adjacent to an activating group) is 1. The van der Waals surface area contributed by atoms with Crippen molar-refractivity contribution < 1.29 is 9.90 Å². The highest BCUT2D eigenvalue weighted by molar-refractivity contribution is 5.78. The summed E-state index contributed by atoms with van der Waals surface area (Å²) in [5, 5.41) is 14.9. The van der Waals surface area contributed by atoms with E-state index in [-0.39, 0.29) is 17.7 Å². The van der Waals surface area contributed by atoms with Crippen molar-refractivity contribution >= 4 is 5.91 Å². The molecule has 1 amide bonds. The first-order chi connectivity index (χ1) is 7.13. The number of carbonyl (C=O) groups excluding carboxylic acids is 1. The van der Waals surface area contributed by atoms with E-state index in [1.54, 1.807) is 25.2 Å². The first kappa shape index (κ1) is 11.5. The normalized spacial score (nSPS) is 12.1. The lowest BCUT2D eigenvalue weighted by molar-refractivity contribution is -0.120. The fourth-order valence-electron chi connectivity index (χ4n) is 1.33. The second kappa shape index (κ2) is 5.36. The van der Waals surface area contributed by atoms with Crippen molar-refractivity contribution in [1.82, 2.24) is 10.6 Å². The van der Waals surface area contributed by atoms with Gasteiger partial charge in [-0.15, -0.1) is 0 Å². The number of carbonyl (C=O) groups is 1. The number of benzene rings is 1. The molecule has 4 heteroatoms. The van der Waals surface area contributed by atoms with E-state index in [1.807, 2.05) is 13.0 Å². The summed E-state index contributed by atoms with van der Waals surface area (Å²) in [7, 11) is 1.72. The Morgan fingerprint density at radius 1 is 1.53 bits per heavy atom. The molecule has 82 valence electrons. The number of phenols is 1. The second-order valence-electron chi connectivity index (χ2n) is 3.41. The molecule has 0 aromatic heterocycles. The molecule has 1 aromatic rings. The number of nitrogens with one attached hydrogen (secondary N) is 2. The third-order valence-electron chi connectivity index (χ3n) is 2.09. The largest absolute Gasteiger partial charge is 0.508 e. The summed E-state index contributed by atoms with van der Waals surface area (Å²) in [5.41, 5.74) is 0.888. The van der Waals surface area contributed by atoms with Gasteiger partial charge in [-0.25, -0.2) is 0 Å². The Morgan fingerprint density at radius 3 is 2.87 bits per heavy atom. The van der Waals surface area contributed by atoms with Crippen LogP contribution in [-0.4, -0.2) is 24.6 Å². The van der Waals surface area contributed by atoms with E-state index in [9.17, 15) is 9.90 Å². The molecule has 0 spiro atoms. The predicted octanol–water partition coefficient (Wildman–Crippen LogP) is 0.789. The summed E-state index contributed by atoms with van der Waals surface area (Å²) in [6.07, 6.45) is 0. The lowest BCUT2D eigenvalue weighted by Gasteiger charge is -2.14. The predicted molar refractivity (Wildman–Crippen MR) is 58.6 cm³/mol. The molecule has 1 unspecified atom stereocenters. The van der Waals surface area contributed by atoms with Gasteiger partial charge in [0.1, 0.15) is 5.75 Å². The van der Waals surface area contributed by atoms with E-state index in [1.165, 1.54) is 0 Å². The Hall–Kier alpha value is -1.55. The maximum atomic E-state index is 11.3. The third-order valence-corrected chi connectivity index (χ3v) is 2.09. The van der Waals surface area contributed by atoms with E-state index in [0.717, 1.165) is 5.56 Å². The topological polar surface area (TPSA) is 61.4 Å². The molecule has 0 saturated heterocycles. The molecule has 0 fully saturated rings. The van der Waals surface area contributed by atoms with Crippen LogP contribution in [-0.2, 0) is 4.79 Å². The van der Waals surface area contributed by atoms with Crippen molar-refractivity contribution in [3.8, 4) is 5.75 Å². The minimum atomic E-state index is -0.0991. The molecule has 4 nitrogen and oxygen atoms in total. The Bertz CT molecular complexity index is 339. The zero-order valence-electron chi connectivity index (χ0n) is 8.95. The van der Waals surface area contributed by atoms with Gasteiger partial charge >= 0.3 is 0 Å². The molecular weight excluding hydrogens is 192 g/mol. The van der Waals surface area contributed by atoms with Gasteiger partial charge in [-0.05, 0) is 31.7 Å². The van der Waals surface area contributed by atoms with Crippen LogP contribution >= 0.6 is 0 Å². The Balaban J connectivity index is 2.60. The van der Waals surface area contributed by atoms with Crippen molar-refractivity contribution in [3.05, 3.63) is 29.8 Å². The molecule has 0 aliphatic heterocycles. The zero-order chi connectivity index (χ0) is 11.3. The van der Waals surface area contributed by atoms with Gasteiger partial charge in [0.25, 0.3) is 0 Å². The van der Waals surface area contributed by atoms with Gasteiger partial charge in [-0.1, -0.05) is 12.1 Å². The van der Waals surface area contributed by atoms with Crippen LogP contribution in [0.3, 0.4) is 0 Å². The standard InChI is InChI=1S/C11H16N2O2/c1-8(13-11(15)7-12-2)9-4-3-5-10(14)6-9/h3-6,8,12,14H,7H2,1-2H3,(H,13,15). The molecule has 0 aliphatic carbocycles. The highest BCUT2D eigenvalue weighted by Crippen LogP contribution is 2.17. The van der Waals surface area contributed by atoms with Crippen molar-refractivity contribution in [2.45, 2.75) is 13.0 Å². The summed E-state index contributed by atoms with van der Waals surface area (Å²) < 4.78 is 0. The summed E-state index contributed by atoms with van der Waals surface area (Å²) in [5.74, 6) is 0.149. The summed E-state index contributed by atoms with van der Waals surface area (Å²) in [6.45, 7) is 2.17. The molecule has 0 radical (unpaired) electrons. The number of hydrogen-bond acceptors (Lipinski definition) is 3. The molecule has 0 aliphatic rings. The van der Waals surface area contributed by atoms with Gasteiger partial charge in [0, 0.05) is 0 Å². The van der Waals surface area contributed by atoms with Crippen molar-refractivity contribution in [2.24, 2.45) is 0 Å². The van der Waals surface area contributed by atoms with E-state index in [0.29, 0.717) is 6.54 Å². The first-order valence-corrected chi connectivity index (χ1v) is 4.86. The fraction of sp³-hybridized carbons (Fsp3) is 0.364. The third kappa shape index (κ3) is 3.59. The SMILES string of the molecule is CNCC(=O)NC(C)c1cccc(O)c1. The van der Waals surface area contributed by atoms with Gasteiger partial charge in [-0.3, -0.25) is 4.79 Å². The number of hydrogen-bond donors (Lipinski definition) is 3. The molecule has 0 bridgehead atoms. The van der Waals surface area contributed by atoms with Crippen molar-refractivity contribution in [3.63, 3.8) is 0 Å². The Kier molecular flexibility index (Phi) is 4.12. The van der Waals surface area contributed by atoms with Gasteiger partial charge in [0.05, 0.1) is 12.6 Å². The minimum Gasteiger partial charge on any atom is -0.508 e. The molecule has 1 rings (SSSR count). The monoisotopic (exact) mass is 208 g/mol. The second-order valence-corrected chi connectivity index (χ2v) is 3.41. The van der Waals surface area contributed by atoms with Gasteiger partial charge in [-0.2, -0.15) is 0 Å². The highest BCUT2D eigenvalue weighted by Gasteiger charge is 2.08. The lowest BCUT2D eigenvalue weighted by Crippen LogP contribution is -2.33. The minimum absolute atomic E-state index is 0.0617. The van der Waals surface area contributed by atoms with Crippen molar-refractivity contribution in [1.29, 1.82) is 0 Å². The van der Waals surface area contributed by atoms with Crippen LogP contribution in [0.5, 0.6) is 5.75 Å². The Morgan fingerprint density at radius 2 is 2.27 bits per heavy atom. The maximum absolute atomic E-state index is 11.3. The molecular formula is C11H16N2O2. The summed E-state index contributed by atoms with van der Waals surface area (Å²) in [4.78, 5) is 11.3. The maximum Gasteiger partial charge on any atom is 0.234 e. The van der Waals surface area contributed by atoms with Crippen LogP contribution in [0, 0.1) is 0 Å². The average Bonchev–Trinajstić information content (AvgIpc) is 2.18. The number of amides is 1. The van der Waals surface area contributed by atoms with Crippen LogP contribution in [0.2, 0.25) is 0 Å². The van der Waals surface area contributed by atoms with E-state index in [4.69, 9.17) is 0 Å². The van der Waals surface area contributed by atoms with Crippen molar-refractivity contribution in [2.75, 3.05) is 13.6 Å². The molecule has 15 heavy (non-hydrogen) atoms. The van der Waals surface area contributed by atoms with Crippen LogP contribution in [0.1, 0.15) is 18.5 Å². The van der Waals surface area contributed by atoms with E-state index >= 15 is 0 Å². The van der Waals surface area contributed by atoms with Gasteiger partial charge in [0.15, 0.2) is 0 Å². The quantitative estimate of drug-likeness (QED) is 0.685. The fourth-order valence-corrected chi connectivity index (χ4v) is 1.33. The van der Waals surface area contributed by atoms with Crippen LogP contribution < -0.4 is 10.6 Å². The van der Waals surface area contributed by atoms with E-state index < -0.39 is 0 Å². The van der Waals surface area contributed by atoms with Crippen LogP contribution in [0.25, 0.3) is 0 Å².